The molecule has 0 aliphatic carbocycles. The van der Waals surface area contributed by atoms with E-state index in [-0.39, 0.29) is 36.9 Å². The van der Waals surface area contributed by atoms with Crippen LogP contribution in [0.25, 0.3) is 0 Å². The Labute approximate surface area is 138 Å². The molecule has 1 aliphatic heterocycles. The van der Waals surface area contributed by atoms with Crippen LogP contribution in [0.1, 0.15) is 32.0 Å². The fourth-order valence-electron chi connectivity index (χ4n) is 3.07. The predicted octanol–water partition coefficient (Wildman–Crippen LogP) is 0.917. The second kappa shape index (κ2) is 6.45. The lowest BCUT2D eigenvalue weighted by molar-refractivity contribution is 0.0687. The van der Waals surface area contributed by atoms with Gasteiger partial charge in [-0.1, -0.05) is 18.2 Å². The first kappa shape index (κ1) is 16.2. The number of hydrogen-bond acceptors (Lipinski definition) is 3. The van der Waals surface area contributed by atoms with Gasteiger partial charge in [-0.15, -0.1) is 0 Å². The summed E-state index contributed by atoms with van der Waals surface area (Å²) in [5.74, 6) is -1.28. The fourth-order valence-corrected chi connectivity index (χ4v) is 3.07. The van der Waals surface area contributed by atoms with E-state index in [1.54, 1.807) is 33.9 Å². The summed E-state index contributed by atoms with van der Waals surface area (Å²) in [6.45, 7) is 0.853. The predicted molar refractivity (Wildman–Crippen MR) is 84.9 cm³/mol. The molecule has 1 aromatic carbocycles. The van der Waals surface area contributed by atoms with Gasteiger partial charge < -0.3 is 20.3 Å². The molecule has 0 saturated heterocycles. The maximum absolute atomic E-state index is 13.8. The van der Waals surface area contributed by atoms with Gasteiger partial charge in [0.2, 0.25) is 0 Å². The largest absolute Gasteiger partial charge is 0.396 e. The van der Waals surface area contributed by atoms with Crippen LogP contribution in [0.15, 0.2) is 30.5 Å². The Bertz CT molecular complexity index is 800. The average molecular weight is 331 g/mol. The van der Waals surface area contributed by atoms with E-state index in [1.165, 1.54) is 6.07 Å². The standard InChI is InChI=1S/C17H18FN3O3/c18-14-4-2-1-3-11(14)9-21-7-6-20-10-13(16(19)23)12(5-8-22)15(20)17(21)24/h1-4,10,22H,5-9H2,(H2,19,23). The number of aromatic nitrogens is 1. The Morgan fingerprint density at radius 1 is 1.29 bits per heavy atom. The molecule has 0 fully saturated rings. The molecule has 1 aromatic heterocycles. The Balaban J connectivity index is 1.95. The summed E-state index contributed by atoms with van der Waals surface area (Å²) < 4.78 is 15.5. The Hall–Kier alpha value is -2.67. The number of primary amides is 1. The van der Waals surface area contributed by atoms with Crippen LogP contribution in [0, 0.1) is 5.82 Å². The number of nitrogens with two attached hydrogens (primary N) is 1. The van der Waals surface area contributed by atoms with Crippen molar-refractivity contribution in [1.29, 1.82) is 0 Å². The van der Waals surface area contributed by atoms with Crippen LogP contribution in [0.5, 0.6) is 0 Å². The summed E-state index contributed by atoms with van der Waals surface area (Å²) in [6, 6.07) is 6.31. The average Bonchev–Trinajstić information content (AvgIpc) is 2.92. The minimum atomic E-state index is -0.631. The van der Waals surface area contributed by atoms with Crippen molar-refractivity contribution in [3.05, 3.63) is 58.7 Å². The van der Waals surface area contributed by atoms with Crippen LogP contribution in [-0.2, 0) is 19.5 Å². The number of benzene rings is 1. The molecule has 126 valence electrons. The number of nitrogens with zero attached hydrogens (tertiary/aromatic N) is 2. The van der Waals surface area contributed by atoms with Crippen molar-refractivity contribution in [2.75, 3.05) is 13.2 Å². The summed E-state index contributed by atoms with van der Waals surface area (Å²) >= 11 is 0. The first-order valence-electron chi connectivity index (χ1n) is 7.68. The van der Waals surface area contributed by atoms with Crippen LogP contribution in [0.2, 0.25) is 0 Å². The summed E-state index contributed by atoms with van der Waals surface area (Å²) in [6.07, 6.45) is 1.72. The van der Waals surface area contributed by atoms with E-state index < -0.39 is 5.91 Å². The number of rotatable bonds is 5. The highest BCUT2D eigenvalue weighted by atomic mass is 19.1. The topological polar surface area (TPSA) is 88.6 Å². The van der Waals surface area contributed by atoms with Crippen LogP contribution < -0.4 is 5.73 Å². The Morgan fingerprint density at radius 3 is 2.71 bits per heavy atom. The van der Waals surface area contributed by atoms with Crippen LogP contribution >= 0.6 is 0 Å². The normalized spacial score (nSPS) is 13.9. The van der Waals surface area contributed by atoms with E-state index in [0.717, 1.165) is 0 Å². The molecule has 0 radical (unpaired) electrons. The molecule has 2 aromatic rings. The number of fused-ring (bicyclic) bond motifs is 1. The Kier molecular flexibility index (Phi) is 4.35. The lowest BCUT2D eigenvalue weighted by Crippen LogP contribution is -2.40. The molecule has 0 bridgehead atoms. The molecule has 0 spiro atoms. The smallest absolute Gasteiger partial charge is 0.271 e. The van der Waals surface area contributed by atoms with Crippen LogP contribution in [-0.4, -0.2) is 39.5 Å². The van der Waals surface area contributed by atoms with Gasteiger partial charge in [-0.05, 0) is 18.1 Å². The minimum Gasteiger partial charge on any atom is -0.396 e. The number of halogens is 1. The highest BCUT2D eigenvalue weighted by Crippen LogP contribution is 2.25. The quantitative estimate of drug-likeness (QED) is 0.854. The lowest BCUT2D eigenvalue weighted by Gasteiger charge is -2.29. The first-order chi connectivity index (χ1) is 11.5. The zero-order valence-corrected chi connectivity index (χ0v) is 13.0. The van der Waals surface area contributed by atoms with Crippen molar-refractivity contribution in [2.24, 2.45) is 5.73 Å². The molecule has 3 N–H and O–H groups in total. The second-order valence-corrected chi connectivity index (χ2v) is 5.72. The van der Waals surface area contributed by atoms with Gasteiger partial charge in [0, 0.05) is 38.0 Å². The van der Waals surface area contributed by atoms with Crippen molar-refractivity contribution >= 4 is 11.8 Å². The van der Waals surface area contributed by atoms with Gasteiger partial charge in [-0.2, -0.15) is 0 Å². The lowest BCUT2D eigenvalue weighted by atomic mass is 10.1. The zero-order chi connectivity index (χ0) is 17.3. The molecule has 0 unspecified atom stereocenters. The number of aliphatic hydroxyl groups excluding tert-OH is 1. The van der Waals surface area contributed by atoms with Gasteiger partial charge in [0.05, 0.1) is 5.56 Å². The monoisotopic (exact) mass is 331 g/mol. The van der Waals surface area contributed by atoms with Crippen molar-refractivity contribution in [2.45, 2.75) is 19.5 Å². The summed E-state index contributed by atoms with van der Waals surface area (Å²) in [4.78, 5) is 25.9. The third-order valence-electron chi connectivity index (χ3n) is 4.23. The summed E-state index contributed by atoms with van der Waals surface area (Å²) in [7, 11) is 0. The van der Waals surface area contributed by atoms with Gasteiger partial charge in [0.25, 0.3) is 11.8 Å². The molecule has 2 heterocycles. The van der Waals surface area contributed by atoms with Crippen molar-refractivity contribution < 1.29 is 19.1 Å². The molecular weight excluding hydrogens is 313 g/mol. The van der Waals surface area contributed by atoms with E-state index in [0.29, 0.717) is 29.9 Å². The molecule has 0 atom stereocenters. The van der Waals surface area contributed by atoms with E-state index in [1.807, 2.05) is 0 Å². The van der Waals surface area contributed by atoms with Gasteiger partial charge in [0.15, 0.2) is 0 Å². The van der Waals surface area contributed by atoms with Crippen molar-refractivity contribution in [3.63, 3.8) is 0 Å². The number of amides is 2. The molecule has 3 rings (SSSR count). The molecule has 7 heteroatoms. The van der Waals surface area contributed by atoms with E-state index >= 15 is 0 Å². The molecule has 24 heavy (non-hydrogen) atoms. The van der Waals surface area contributed by atoms with Crippen molar-refractivity contribution in [3.8, 4) is 0 Å². The van der Waals surface area contributed by atoms with Gasteiger partial charge in [-0.25, -0.2) is 4.39 Å². The highest BCUT2D eigenvalue weighted by molar-refractivity contribution is 6.01. The summed E-state index contributed by atoms with van der Waals surface area (Å²) in [5.41, 5.74) is 6.86. The zero-order valence-electron chi connectivity index (χ0n) is 13.0. The number of carbonyl (C=O) groups is 2. The molecule has 1 aliphatic rings. The van der Waals surface area contributed by atoms with E-state index in [2.05, 4.69) is 0 Å². The number of carbonyl (C=O) groups excluding carboxylic acids is 2. The molecule has 2 amide bonds. The highest BCUT2D eigenvalue weighted by Gasteiger charge is 2.31. The van der Waals surface area contributed by atoms with E-state index in [4.69, 9.17) is 5.73 Å². The number of aliphatic hydroxyl groups is 1. The first-order valence-corrected chi connectivity index (χ1v) is 7.68. The maximum atomic E-state index is 13.8. The Morgan fingerprint density at radius 2 is 2.04 bits per heavy atom. The molecule has 6 nitrogen and oxygen atoms in total. The third kappa shape index (κ3) is 2.78. The van der Waals surface area contributed by atoms with Crippen LogP contribution in [0.3, 0.4) is 0 Å². The molecular formula is C17H18FN3O3. The second-order valence-electron chi connectivity index (χ2n) is 5.72. The van der Waals surface area contributed by atoms with Gasteiger partial charge >= 0.3 is 0 Å². The third-order valence-corrected chi connectivity index (χ3v) is 4.23. The van der Waals surface area contributed by atoms with Crippen molar-refractivity contribution in [1.82, 2.24) is 9.47 Å². The van der Waals surface area contributed by atoms with Gasteiger partial charge in [0.1, 0.15) is 11.5 Å². The maximum Gasteiger partial charge on any atom is 0.271 e. The van der Waals surface area contributed by atoms with Gasteiger partial charge in [-0.3, -0.25) is 9.59 Å². The molecule has 0 saturated carbocycles. The summed E-state index contributed by atoms with van der Waals surface area (Å²) in [5, 5.41) is 9.23. The minimum absolute atomic E-state index is 0.154. The number of hydrogen-bond donors (Lipinski definition) is 2. The van der Waals surface area contributed by atoms with Crippen LogP contribution in [0.4, 0.5) is 4.39 Å². The fraction of sp³-hybridized carbons (Fsp3) is 0.294. The van der Waals surface area contributed by atoms with E-state index in [9.17, 15) is 19.1 Å². The SMILES string of the molecule is NC(=O)c1cn2c(c1CCO)C(=O)N(Cc1ccccc1F)CC2.